The summed E-state index contributed by atoms with van der Waals surface area (Å²) < 4.78 is 13.0. The van der Waals surface area contributed by atoms with E-state index in [1.54, 1.807) is 29.4 Å². The van der Waals surface area contributed by atoms with E-state index in [4.69, 9.17) is 0 Å². The Morgan fingerprint density at radius 2 is 2.04 bits per heavy atom. The van der Waals surface area contributed by atoms with Crippen molar-refractivity contribution in [2.24, 2.45) is 11.3 Å². The Kier molecular flexibility index (Phi) is 3.75. The maximum Gasteiger partial charge on any atom is 0.253 e. The number of halogens is 1. The van der Waals surface area contributed by atoms with Gasteiger partial charge in [0.1, 0.15) is 5.82 Å². The van der Waals surface area contributed by atoms with E-state index in [2.05, 4.69) is 10.3 Å². The van der Waals surface area contributed by atoms with Crippen molar-refractivity contribution in [2.75, 3.05) is 18.4 Å². The van der Waals surface area contributed by atoms with Crippen molar-refractivity contribution in [1.29, 1.82) is 0 Å². The molecule has 2 aromatic rings. The highest BCUT2D eigenvalue weighted by Gasteiger charge is 2.61. The Balaban J connectivity index is 1.39. The highest BCUT2D eigenvalue weighted by molar-refractivity contribution is 5.96. The Labute approximate surface area is 144 Å². The van der Waals surface area contributed by atoms with Gasteiger partial charge in [-0.3, -0.25) is 14.6 Å². The van der Waals surface area contributed by atoms with E-state index in [-0.39, 0.29) is 29.0 Å². The molecule has 5 nitrogen and oxygen atoms in total. The molecule has 6 heteroatoms. The molecular formula is C19H18FN3O2. The second-order valence-corrected chi connectivity index (χ2v) is 6.83. The van der Waals surface area contributed by atoms with E-state index in [0.717, 1.165) is 12.8 Å². The van der Waals surface area contributed by atoms with Crippen LogP contribution in [0.15, 0.2) is 48.8 Å². The Hall–Kier alpha value is -2.76. The Morgan fingerprint density at radius 3 is 2.76 bits per heavy atom. The van der Waals surface area contributed by atoms with Gasteiger partial charge in [-0.15, -0.1) is 0 Å². The van der Waals surface area contributed by atoms with E-state index < -0.39 is 0 Å². The molecule has 2 fully saturated rings. The number of carbonyl (C=O) groups is 2. The molecule has 1 N–H and O–H groups in total. The third-order valence-corrected chi connectivity index (χ3v) is 5.20. The fraction of sp³-hybridized carbons (Fsp3) is 0.316. The summed E-state index contributed by atoms with van der Waals surface area (Å²) in [4.78, 5) is 30.7. The van der Waals surface area contributed by atoms with E-state index in [0.29, 0.717) is 24.3 Å². The number of carbonyl (C=O) groups excluding carboxylic acids is 2. The van der Waals surface area contributed by atoms with Gasteiger partial charge < -0.3 is 10.2 Å². The third-order valence-electron chi connectivity index (χ3n) is 5.20. The summed E-state index contributed by atoms with van der Waals surface area (Å²) in [7, 11) is 0. The van der Waals surface area contributed by atoms with Gasteiger partial charge >= 0.3 is 0 Å². The van der Waals surface area contributed by atoms with Crippen molar-refractivity contribution < 1.29 is 14.0 Å². The van der Waals surface area contributed by atoms with Crippen molar-refractivity contribution in [3.63, 3.8) is 0 Å². The lowest BCUT2D eigenvalue weighted by Gasteiger charge is -2.17. The number of nitrogens with zero attached hydrogens (tertiary/aromatic N) is 2. The van der Waals surface area contributed by atoms with Crippen molar-refractivity contribution in [3.05, 3.63) is 60.2 Å². The summed E-state index contributed by atoms with van der Waals surface area (Å²) in [6.07, 6.45) is 4.90. The van der Waals surface area contributed by atoms with Crippen molar-refractivity contribution in [3.8, 4) is 0 Å². The smallest absolute Gasteiger partial charge is 0.253 e. The molecule has 2 heterocycles. The number of aromatic nitrogens is 1. The van der Waals surface area contributed by atoms with Gasteiger partial charge in [-0.05, 0) is 49.2 Å². The van der Waals surface area contributed by atoms with E-state index in [1.165, 1.54) is 24.3 Å². The minimum Gasteiger partial charge on any atom is -0.338 e. The first-order chi connectivity index (χ1) is 12.1. The van der Waals surface area contributed by atoms with Crippen LogP contribution in [0.3, 0.4) is 0 Å². The van der Waals surface area contributed by atoms with Gasteiger partial charge in [0.25, 0.3) is 5.91 Å². The normalized spacial score (nSPS) is 24.4. The molecule has 1 aromatic carbocycles. The summed E-state index contributed by atoms with van der Waals surface area (Å²) in [6.45, 7) is 1.21. The maximum absolute atomic E-state index is 13.0. The lowest BCUT2D eigenvalue weighted by Crippen LogP contribution is -2.30. The summed E-state index contributed by atoms with van der Waals surface area (Å²) in [6, 6.07) is 9.17. The Morgan fingerprint density at radius 1 is 1.24 bits per heavy atom. The predicted molar refractivity (Wildman–Crippen MR) is 90.3 cm³/mol. The largest absolute Gasteiger partial charge is 0.338 e. The molecule has 1 aliphatic carbocycles. The average Bonchev–Trinajstić information content (AvgIpc) is 3.16. The van der Waals surface area contributed by atoms with Gasteiger partial charge in [-0.25, -0.2) is 4.39 Å². The minimum absolute atomic E-state index is 0.0101. The van der Waals surface area contributed by atoms with E-state index in [1.807, 2.05) is 0 Å². The molecule has 25 heavy (non-hydrogen) atoms. The molecule has 2 aliphatic rings. The molecule has 0 radical (unpaired) electrons. The quantitative estimate of drug-likeness (QED) is 0.935. The topological polar surface area (TPSA) is 62.3 Å². The molecule has 2 unspecified atom stereocenters. The van der Waals surface area contributed by atoms with Crippen LogP contribution < -0.4 is 5.32 Å². The number of likely N-dealkylation sites (tertiary alicyclic amines) is 1. The first-order valence-corrected chi connectivity index (χ1v) is 8.33. The number of rotatable bonds is 3. The molecule has 1 spiro atoms. The number of nitrogens with one attached hydrogen (secondary N) is 1. The molecule has 1 aliphatic heterocycles. The number of hydrogen-bond donors (Lipinski definition) is 1. The highest BCUT2D eigenvalue weighted by atomic mass is 19.1. The van der Waals surface area contributed by atoms with Crippen LogP contribution in [0.5, 0.6) is 0 Å². The van der Waals surface area contributed by atoms with Gasteiger partial charge in [-0.2, -0.15) is 0 Å². The van der Waals surface area contributed by atoms with Crippen molar-refractivity contribution in [2.45, 2.75) is 12.8 Å². The van der Waals surface area contributed by atoms with E-state index >= 15 is 0 Å². The molecular weight excluding hydrogens is 321 g/mol. The van der Waals surface area contributed by atoms with Gasteiger partial charge in [0.2, 0.25) is 5.91 Å². The lowest BCUT2D eigenvalue weighted by atomic mass is 10.0. The lowest BCUT2D eigenvalue weighted by molar-refractivity contribution is -0.118. The second-order valence-electron chi connectivity index (χ2n) is 6.83. The van der Waals surface area contributed by atoms with Crippen LogP contribution in [-0.4, -0.2) is 34.8 Å². The molecule has 0 bridgehead atoms. The molecule has 4 rings (SSSR count). The van der Waals surface area contributed by atoms with Crippen molar-refractivity contribution >= 4 is 17.5 Å². The number of hydrogen-bond acceptors (Lipinski definition) is 3. The van der Waals surface area contributed by atoms with Crippen LogP contribution in [0.1, 0.15) is 23.2 Å². The van der Waals surface area contributed by atoms with Gasteiger partial charge in [0.15, 0.2) is 0 Å². The van der Waals surface area contributed by atoms with E-state index in [9.17, 15) is 14.0 Å². The second kappa shape index (κ2) is 5.95. The fourth-order valence-electron chi connectivity index (χ4n) is 3.68. The molecule has 128 valence electrons. The van der Waals surface area contributed by atoms with Crippen LogP contribution in [0.4, 0.5) is 10.1 Å². The zero-order valence-corrected chi connectivity index (χ0v) is 13.6. The SMILES string of the molecule is O=C(Nc1cccnc1)C1CC12CCN(C(=O)c1ccc(F)cc1)C2. The first kappa shape index (κ1) is 15.7. The van der Waals surface area contributed by atoms with Crippen LogP contribution in [0.25, 0.3) is 0 Å². The number of pyridine rings is 1. The van der Waals surface area contributed by atoms with Crippen molar-refractivity contribution in [1.82, 2.24) is 9.88 Å². The van der Waals surface area contributed by atoms with Crippen LogP contribution in [-0.2, 0) is 4.79 Å². The van der Waals surface area contributed by atoms with Crippen LogP contribution in [0, 0.1) is 17.2 Å². The minimum atomic E-state index is -0.358. The van der Waals surface area contributed by atoms with Crippen LogP contribution >= 0.6 is 0 Å². The standard InChI is InChI=1S/C19H18FN3O2/c20-14-5-3-13(4-6-14)18(25)23-9-7-19(12-23)10-16(19)17(24)22-15-2-1-8-21-11-15/h1-6,8,11,16H,7,9-10,12H2,(H,22,24). The summed E-state index contributed by atoms with van der Waals surface area (Å²) in [5.41, 5.74) is 1.06. The molecule has 2 atom stereocenters. The molecule has 1 aromatic heterocycles. The summed E-state index contributed by atoms with van der Waals surface area (Å²) in [5, 5.41) is 2.89. The molecule has 1 saturated carbocycles. The molecule has 1 saturated heterocycles. The maximum atomic E-state index is 13.0. The zero-order valence-electron chi connectivity index (χ0n) is 13.6. The van der Waals surface area contributed by atoms with Gasteiger partial charge in [-0.1, -0.05) is 0 Å². The Bertz CT molecular complexity index is 809. The number of benzene rings is 1. The summed E-state index contributed by atoms with van der Waals surface area (Å²) >= 11 is 0. The average molecular weight is 339 g/mol. The summed E-state index contributed by atoms with van der Waals surface area (Å²) in [5.74, 6) is -0.540. The fourth-order valence-corrected chi connectivity index (χ4v) is 3.68. The van der Waals surface area contributed by atoms with Crippen LogP contribution in [0.2, 0.25) is 0 Å². The molecule has 2 amide bonds. The third kappa shape index (κ3) is 2.99. The van der Waals surface area contributed by atoms with Gasteiger partial charge in [0, 0.05) is 36.2 Å². The monoisotopic (exact) mass is 339 g/mol. The first-order valence-electron chi connectivity index (χ1n) is 8.33. The zero-order chi connectivity index (χ0) is 17.4. The van der Waals surface area contributed by atoms with Gasteiger partial charge in [0.05, 0.1) is 11.9 Å². The predicted octanol–water partition coefficient (Wildman–Crippen LogP) is 2.71. The highest BCUT2D eigenvalue weighted by Crippen LogP contribution is 2.58. The number of amides is 2. The number of anilines is 1.